The summed E-state index contributed by atoms with van der Waals surface area (Å²) < 4.78 is 9.97. The van der Waals surface area contributed by atoms with Crippen molar-refractivity contribution in [3.8, 4) is 28.2 Å². The van der Waals surface area contributed by atoms with Crippen LogP contribution in [0.25, 0.3) is 114 Å². The number of hydrogen-bond donors (Lipinski definition) is 0. The highest BCUT2D eigenvalue weighted by Crippen LogP contribution is 2.42. The molecule has 0 aliphatic rings. The van der Waals surface area contributed by atoms with Gasteiger partial charge < -0.3 is 13.7 Å². The highest BCUT2D eigenvalue weighted by molar-refractivity contribution is 7.25. The Bertz CT molecular complexity index is 3560. The average Bonchev–Trinajstić information content (AvgIpc) is 4.02. The largest absolute Gasteiger partial charge is 0.309 e. The first kappa shape index (κ1) is 31.8. The molecule has 270 valence electrons. The summed E-state index contributed by atoms with van der Waals surface area (Å²) in [4.78, 5) is 0. The predicted octanol–water partition coefficient (Wildman–Crippen LogP) is 15.0. The van der Waals surface area contributed by atoms with E-state index in [1.54, 1.807) is 0 Å². The molecule has 4 heteroatoms. The van der Waals surface area contributed by atoms with E-state index in [4.69, 9.17) is 0 Å². The van der Waals surface area contributed by atoms with Gasteiger partial charge in [0.2, 0.25) is 0 Å². The molecule has 0 atom stereocenters. The van der Waals surface area contributed by atoms with Crippen molar-refractivity contribution in [2.75, 3.05) is 0 Å². The third-order valence-electron chi connectivity index (χ3n) is 12.2. The number of fused-ring (bicyclic) bond motifs is 12. The zero-order chi connectivity index (χ0) is 37.9. The summed E-state index contributed by atoms with van der Waals surface area (Å²) in [7, 11) is 0. The molecule has 0 fully saturated rings. The third-order valence-corrected chi connectivity index (χ3v) is 13.3. The maximum atomic E-state index is 2.44. The Kier molecular flexibility index (Phi) is 6.60. The summed E-state index contributed by atoms with van der Waals surface area (Å²) in [6.07, 6.45) is 0. The van der Waals surface area contributed by atoms with Crippen LogP contribution in [0, 0.1) is 0 Å². The molecule has 0 aliphatic carbocycles. The number of rotatable bonds is 4. The molecule has 4 heterocycles. The highest BCUT2D eigenvalue weighted by atomic mass is 32.1. The van der Waals surface area contributed by atoms with Gasteiger partial charge in [-0.1, -0.05) is 121 Å². The molecule has 0 saturated heterocycles. The van der Waals surface area contributed by atoms with Gasteiger partial charge in [0.1, 0.15) is 0 Å². The van der Waals surface area contributed by atoms with Crippen LogP contribution < -0.4 is 0 Å². The Labute approximate surface area is 337 Å². The van der Waals surface area contributed by atoms with Gasteiger partial charge in [0.05, 0.1) is 33.1 Å². The first-order valence-corrected chi connectivity index (χ1v) is 20.7. The van der Waals surface area contributed by atoms with E-state index < -0.39 is 0 Å². The van der Waals surface area contributed by atoms with Crippen molar-refractivity contribution in [3.05, 3.63) is 200 Å². The van der Waals surface area contributed by atoms with Crippen molar-refractivity contribution in [3.63, 3.8) is 0 Å². The fourth-order valence-electron chi connectivity index (χ4n) is 9.69. The van der Waals surface area contributed by atoms with Crippen molar-refractivity contribution in [2.24, 2.45) is 0 Å². The number of thiophene rings is 1. The lowest BCUT2D eigenvalue weighted by Crippen LogP contribution is -2.00. The molecule has 0 N–H and O–H groups in total. The number of hydrogen-bond acceptors (Lipinski definition) is 1. The summed E-state index contributed by atoms with van der Waals surface area (Å²) in [6.45, 7) is 0. The number of para-hydroxylation sites is 5. The van der Waals surface area contributed by atoms with E-state index in [2.05, 4.69) is 214 Å². The minimum Gasteiger partial charge on any atom is -0.309 e. The Morgan fingerprint density at radius 1 is 0.241 bits per heavy atom. The van der Waals surface area contributed by atoms with Gasteiger partial charge in [-0.2, -0.15) is 0 Å². The number of nitrogens with zero attached hydrogens (tertiary/aromatic N) is 3. The van der Waals surface area contributed by atoms with Crippen molar-refractivity contribution >= 4 is 96.9 Å². The first-order valence-electron chi connectivity index (χ1n) is 19.8. The lowest BCUT2D eigenvalue weighted by molar-refractivity contribution is 1.13. The standard InChI is InChI=1S/C54H33N3S/c1-7-19-47-39(13-1)40-14-2-8-20-48(40)56(47)37-29-35(30-38(31-37)57-49-21-9-3-15-41(49)42-16-4-10-22-50(42)57)34-25-27-36(28-26-34)55-51-23-11-5-17-43(51)45-33-54-46(32-52(45)55)44-18-6-12-24-53(44)58-54/h1-33H. The molecule has 0 aliphatic heterocycles. The topological polar surface area (TPSA) is 14.8 Å². The second-order valence-corrected chi connectivity index (χ2v) is 16.4. The van der Waals surface area contributed by atoms with E-state index in [-0.39, 0.29) is 0 Å². The van der Waals surface area contributed by atoms with Gasteiger partial charge in [0.25, 0.3) is 0 Å². The second kappa shape index (κ2) is 12.1. The van der Waals surface area contributed by atoms with Crippen molar-refractivity contribution in [1.29, 1.82) is 0 Å². The molecule has 0 bridgehead atoms. The van der Waals surface area contributed by atoms with E-state index >= 15 is 0 Å². The Hall–Kier alpha value is -7.40. The van der Waals surface area contributed by atoms with Gasteiger partial charge >= 0.3 is 0 Å². The molecule has 58 heavy (non-hydrogen) atoms. The zero-order valence-electron chi connectivity index (χ0n) is 31.3. The Morgan fingerprint density at radius 2 is 0.655 bits per heavy atom. The molecule has 0 radical (unpaired) electrons. The molecule has 0 spiro atoms. The Balaban J connectivity index is 1.05. The maximum absolute atomic E-state index is 2.44. The molecule has 9 aromatic carbocycles. The van der Waals surface area contributed by atoms with Gasteiger partial charge in [0.15, 0.2) is 0 Å². The van der Waals surface area contributed by atoms with Crippen molar-refractivity contribution < 1.29 is 0 Å². The first-order chi connectivity index (χ1) is 28.8. The molecule has 0 amide bonds. The number of benzene rings is 9. The summed E-state index contributed by atoms with van der Waals surface area (Å²) in [5.74, 6) is 0. The van der Waals surface area contributed by atoms with Gasteiger partial charge in [-0.15, -0.1) is 11.3 Å². The average molecular weight is 756 g/mol. The van der Waals surface area contributed by atoms with Crippen molar-refractivity contribution in [2.45, 2.75) is 0 Å². The van der Waals surface area contributed by atoms with E-state index in [9.17, 15) is 0 Å². The molecule has 4 aromatic heterocycles. The molecule has 3 nitrogen and oxygen atoms in total. The van der Waals surface area contributed by atoms with E-state index in [0.717, 1.165) is 22.6 Å². The van der Waals surface area contributed by atoms with Crippen LogP contribution in [0.1, 0.15) is 0 Å². The molecule has 0 unspecified atom stereocenters. The summed E-state index contributed by atoms with van der Waals surface area (Å²) in [5.41, 5.74) is 13.0. The lowest BCUT2D eigenvalue weighted by Gasteiger charge is -2.16. The van der Waals surface area contributed by atoms with E-state index in [1.807, 2.05) is 11.3 Å². The van der Waals surface area contributed by atoms with Crippen molar-refractivity contribution in [1.82, 2.24) is 13.7 Å². The molecular weight excluding hydrogens is 723 g/mol. The van der Waals surface area contributed by atoms with E-state index in [1.165, 1.54) is 91.2 Å². The quantitative estimate of drug-likeness (QED) is 0.170. The zero-order valence-corrected chi connectivity index (χ0v) is 32.1. The molecule has 0 saturated carbocycles. The van der Waals surface area contributed by atoms with Crippen LogP contribution in [-0.4, -0.2) is 13.7 Å². The molecule has 13 aromatic rings. The van der Waals surface area contributed by atoms with Gasteiger partial charge in [-0.25, -0.2) is 0 Å². The summed E-state index contributed by atoms with van der Waals surface area (Å²) in [5, 5.41) is 10.2. The normalized spacial score (nSPS) is 12.1. The Morgan fingerprint density at radius 3 is 1.16 bits per heavy atom. The van der Waals surface area contributed by atoms with Crippen LogP contribution in [0.2, 0.25) is 0 Å². The van der Waals surface area contributed by atoms with Crippen LogP contribution in [0.5, 0.6) is 0 Å². The predicted molar refractivity (Wildman–Crippen MR) is 248 cm³/mol. The maximum Gasteiger partial charge on any atom is 0.0548 e. The molecular formula is C54H33N3S. The number of aromatic nitrogens is 3. The minimum atomic E-state index is 1.13. The summed E-state index contributed by atoms with van der Waals surface area (Å²) in [6, 6.07) is 73.8. The van der Waals surface area contributed by atoms with E-state index in [0.29, 0.717) is 0 Å². The smallest absolute Gasteiger partial charge is 0.0548 e. The van der Waals surface area contributed by atoms with Crippen LogP contribution in [0.15, 0.2) is 200 Å². The third kappa shape index (κ3) is 4.49. The minimum absolute atomic E-state index is 1.13. The van der Waals surface area contributed by atoms with Crippen LogP contribution >= 0.6 is 11.3 Å². The second-order valence-electron chi connectivity index (χ2n) is 15.3. The van der Waals surface area contributed by atoms with Gasteiger partial charge in [0, 0.05) is 69.6 Å². The van der Waals surface area contributed by atoms with Gasteiger partial charge in [-0.3, -0.25) is 0 Å². The summed E-state index contributed by atoms with van der Waals surface area (Å²) >= 11 is 1.88. The lowest BCUT2D eigenvalue weighted by atomic mass is 10.0. The van der Waals surface area contributed by atoms with Crippen LogP contribution in [0.4, 0.5) is 0 Å². The molecule has 13 rings (SSSR count). The van der Waals surface area contributed by atoms with Gasteiger partial charge in [-0.05, 0) is 90.0 Å². The monoisotopic (exact) mass is 755 g/mol. The fourth-order valence-corrected chi connectivity index (χ4v) is 10.8. The van der Waals surface area contributed by atoms with Crippen LogP contribution in [0.3, 0.4) is 0 Å². The SMILES string of the molecule is c1ccc2c(c1)sc1cc3c4ccccc4n(-c4ccc(-c5cc(-n6c7ccccc7c7ccccc76)cc(-n6c7ccccc7c7ccccc76)c5)cc4)c3cc12. The fraction of sp³-hybridized carbons (Fsp3) is 0. The van der Waals surface area contributed by atoms with Crippen LogP contribution in [-0.2, 0) is 0 Å². The highest BCUT2D eigenvalue weighted by Gasteiger charge is 2.19.